The van der Waals surface area contributed by atoms with E-state index in [-0.39, 0.29) is 0 Å². The highest BCUT2D eigenvalue weighted by atomic mass is 16.5. The normalized spacial score (nSPS) is 37.9. The smallest absolute Gasteiger partial charge is 0.0601 e. The zero-order valence-corrected chi connectivity index (χ0v) is 11.1. The summed E-state index contributed by atoms with van der Waals surface area (Å²) in [5.41, 5.74) is 0.701. The Morgan fingerprint density at radius 2 is 1.71 bits per heavy atom. The third-order valence-corrected chi connectivity index (χ3v) is 5.44. The summed E-state index contributed by atoms with van der Waals surface area (Å²) in [5.74, 6) is 0. The van der Waals surface area contributed by atoms with Crippen molar-refractivity contribution in [3.8, 4) is 0 Å². The Hall–Kier alpha value is -0.120. The number of ether oxygens (including phenoxy) is 1. The lowest BCUT2D eigenvalue weighted by Gasteiger charge is -2.50. The van der Waals surface area contributed by atoms with E-state index in [4.69, 9.17) is 4.74 Å². The molecule has 1 saturated carbocycles. The molecular weight excluding hydrogens is 212 g/mol. The Morgan fingerprint density at radius 3 is 2.29 bits per heavy atom. The number of rotatable bonds is 2. The fourth-order valence-electron chi connectivity index (χ4n) is 3.85. The summed E-state index contributed by atoms with van der Waals surface area (Å²) in [7, 11) is 1.85. The summed E-state index contributed by atoms with van der Waals surface area (Å²) in [4.78, 5) is 2.73. The highest BCUT2D eigenvalue weighted by Crippen LogP contribution is 2.41. The van der Waals surface area contributed by atoms with E-state index in [1.165, 1.54) is 64.7 Å². The van der Waals surface area contributed by atoms with E-state index >= 15 is 0 Å². The molecule has 0 radical (unpaired) electrons. The third kappa shape index (κ3) is 2.38. The summed E-state index contributed by atoms with van der Waals surface area (Å²) in [6.45, 7) is 5.16. The van der Waals surface area contributed by atoms with Gasteiger partial charge in [-0.25, -0.2) is 0 Å². The minimum atomic E-state index is 0.551. The first-order valence-corrected chi connectivity index (χ1v) is 7.29. The Balaban J connectivity index is 1.47. The number of piperidine rings is 2. The number of nitrogens with zero attached hydrogens (tertiary/aromatic N) is 1. The van der Waals surface area contributed by atoms with Crippen molar-refractivity contribution in [2.24, 2.45) is 5.41 Å². The second kappa shape index (κ2) is 4.87. The first-order valence-electron chi connectivity index (χ1n) is 7.29. The topological polar surface area (TPSA) is 24.5 Å². The summed E-state index contributed by atoms with van der Waals surface area (Å²) in [5, 5.41) is 3.50. The quantitative estimate of drug-likeness (QED) is 0.791. The largest absolute Gasteiger partial charge is 0.381 e. The maximum Gasteiger partial charge on any atom is 0.0601 e. The highest BCUT2D eigenvalue weighted by Gasteiger charge is 2.40. The molecule has 3 heteroatoms. The number of methoxy groups -OCH3 is 1. The first-order chi connectivity index (χ1) is 8.31. The average Bonchev–Trinajstić information content (AvgIpc) is 2.32. The molecule has 0 aromatic carbocycles. The predicted octanol–water partition coefficient (Wildman–Crippen LogP) is 1.63. The Labute approximate surface area is 105 Å². The van der Waals surface area contributed by atoms with Gasteiger partial charge in [-0.3, -0.25) is 0 Å². The maximum absolute atomic E-state index is 5.38. The van der Waals surface area contributed by atoms with Crippen LogP contribution in [0.4, 0.5) is 0 Å². The number of hydrogen-bond donors (Lipinski definition) is 1. The maximum atomic E-state index is 5.38. The van der Waals surface area contributed by atoms with E-state index in [0.717, 1.165) is 6.04 Å². The van der Waals surface area contributed by atoms with Crippen LogP contribution in [0.3, 0.4) is 0 Å². The van der Waals surface area contributed by atoms with Gasteiger partial charge in [0.15, 0.2) is 0 Å². The van der Waals surface area contributed by atoms with Crippen LogP contribution < -0.4 is 5.32 Å². The van der Waals surface area contributed by atoms with Crippen LogP contribution in [-0.4, -0.2) is 50.3 Å². The van der Waals surface area contributed by atoms with Crippen molar-refractivity contribution in [3.63, 3.8) is 0 Å². The molecule has 2 saturated heterocycles. The first kappa shape index (κ1) is 11.9. The molecule has 0 aromatic heterocycles. The van der Waals surface area contributed by atoms with Gasteiger partial charge >= 0.3 is 0 Å². The van der Waals surface area contributed by atoms with Crippen molar-refractivity contribution in [1.29, 1.82) is 0 Å². The van der Waals surface area contributed by atoms with Gasteiger partial charge in [0.25, 0.3) is 0 Å². The van der Waals surface area contributed by atoms with E-state index < -0.39 is 0 Å². The Kier molecular flexibility index (Phi) is 3.42. The van der Waals surface area contributed by atoms with E-state index in [0.29, 0.717) is 11.5 Å². The molecule has 98 valence electrons. The van der Waals surface area contributed by atoms with Crippen molar-refractivity contribution in [2.75, 3.05) is 33.3 Å². The van der Waals surface area contributed by atoms with Crippen LogP contribution in [0.25, 0.3) is 0 Å². The van der Waals surface area contributed by atoms with Crippen molar-refractivity contribution in [2.45, 2.75) is 50.7 Å². The fourth-order valence-corrected chi connectivity index (χ4v) is 3.85. The molecular formula is C14H26N2O. The Morgan fingerprint density at radius 1 is 1.06 bits per heavy atom. The molecule has 0 amide bonds. The molecule has 2 aliphatic heterocycles. The molecule has 1 spiro atoms. The average molecular weight is 238 g/mol. The van der Waals surface area contributed by atoms with Gasteiger partial charge in [0, 0.05) is 13.2 Å². The standard InChI is InChI=1S/C14H26N2O/c1-17-13-10-12(11-13)16-8-4-14(5-9-16)2-6-15-7-3-14/h12-13,15H,2-11H2,1H3/t12-,13-. The molecule has 3 nitrogen and oxygen atoms in total. The fraction of sp³-hybridized carbons (Fsp3) is 1.00. The van der Waals surface area contributed by atoms with Crippen LogP contribution in [0.5, 0.6) is 0 Å². The van der Waals surface area contributed by atoms with E-state index in [1.54, 1.807) is 0 Å². The minimum absolute atomic E-state index is 0.551. The van der Waals surface area contributed by atoms with Crippen LogP contribution in [0.2, 0.25) is 0 Å². The third-order valence-electron chi connectivity index (χ3n) is 5.44. The van der Waals surface area contributed by atoms with Gasteiger partial charge in [-0.05, 0) is 70.1 Å². The second-order valence-electron chi connectivity index (χ2n) is 6.27. The SMILES string of the molecule is CO[C@H]1C[C@H](N2CCC3(CCNCC3)CC2)C1. The zero-order valence-electron chi connectivity index (χ0n) is 11.1. The summed E-state index contributed by atoms with van der Waals surface area (Å²) < 4.78 is 5.38. The second-order valence-corrected chi connectivity index (χ2v) is 6.27. The molecule has 0 aromatic rings. The lowest BCUT2D eigenvalue weighted by atomic mass is 9.71. The van der Waals surface area contributed by atoms with Gasteiger partial charge < -0.3 is 15.0 Å². The van der Waals surface area contributed by atoms with Crippen LogP contribution >= 0.6 is 0 Å². The number of hydrogen-bond acceptors (Lipinski definition) is 3. The zero-order chi connectivity index (χ0) is 11.7. The highest BCUT2D eigenvalue weighted by molar-refractivity contribution is 4.94. The molecule has 3 aliphatic rings. The molecule has 0 atom stereocenters. The molecule has 1 N–H and O–H groups in total. The van der Waals surface area contributed by atoms with Crippen LogP contribution in [0, 0.1) is 5.41 Å². The van der Waals surface area contributed by atoms with Crippen molar-refractivity contribution in [3.05, 3.63) is 0 Å². The molecule has 3 fully saturated rings. The number of nitrogens with one attached hydrogen (secondary N) is 1. The Bertz CT molecular complexity index is 247. The summed E-state index contributed by atoms with van der Waals surface area (Å²) in [6, 6.07) is 0.832. The van der Waals surface area contributed by atoms with Crippen LogP contribution in [0.15, 0.2) is 0 Å². The molecule has 2 heterocycles. The van der Waals surface area contributed by atoms with Gasteiger partial charge in [-0.2, -0.15) is 0 Å². The monoisotopic (exact) mass is 238 g/mol. The minimum Gasteiger partial charge on any atom is -0.381 e. The molecule has 1 aliphatic carbocycles. The lowest BCUT2D eigenvalue weighted by molar-refractivity contribution is -0.0487. The van der Waals surface area contributed by atoms with Crippen molar-refractivity contribution >= 4 is 0 Å². The van der Waals surface area contributed by atoms with E-state index in [9.17, 15) is 0 Å². The predicted molar refractivity (Wildman–Crippen MR) is 69.2 cm³/mol. The van der Waals surface area contributed by atoms with Gasteiger partial charge in [0.2, 0.25) is 0 Å². The molecule has 17 heavy (non-hydrogen) atoms. The lowest BCUT2D eigenvalue weighted by Crippen LogP contribution is -2.53. The van der Waals surface area contributed by atoms with Crippen molar-refractivity contribution < 1.29 is 4.74 Å². The van der Waals surface area contributed by atoms with Gasteiger partial charge in [-0.15, -0.1) is 0 Å². The van der Waals surface area contributed by atoms with Gasteiger partial charge in [0.1, 0.15) is 0 Å². The molecule has 0 bridgehead atoms. The van der Waals surface area contributed by atoms with E-state index in [1.807, 2.05) is 7.11 Å². The van der Waals surface area contributed by atoms with E-state index in [2.05, 4.69) is 10.2 Å². The van der Waals surface area contributed by atoms with Gasteiger partial charge in [0.05, 0.1) is 6.10 Å². The summed E-state index contributed by atoms with van der Waals surface area (Å²) >= 11 is 0. The summed E-state index contributed by atoms with van der Waals surface area (Å²) in [6.07, 6.45) is 8.77. The molecule has 3 rings (SSSR count). The number of likely N-dealkylation sites (tertiary alicyclic amines) is 1. The molecule has 0 unspecified atom stereocenters. The van der Waals surface area contributed by atoms with Crippen molar-refractivity contribution in [1.82, 2.24) is 10.2 Å². The van der Waals surface area contributed by atoms with Gasteiger partial charge in [-0.1, -0.05) is 0 Å². The van der Waals surface area contributed by atoms with Crippen LogP contribution in [0.1, 0.15) is 38.5 Å². The van der Waals surface area contributed by atoms with Crippen LogP contribution in [-0.2, 0) is 4.74 Å².